The van der Waals surface area contributed by atoms with Gasteiger partial charge in [-0.05, 0) is 27.3 Å². The molecule has 20 heavy (non-hydrogen) atoms. The monoisotopic (exact) mass is 281 g/mol. The molecule has 0 aromatic heterocycles. The zero-order valence-corrected chi connectivity index (χ0v) is 13.1. The maximum Gasteiger partial charge on any atom is 0.128 e. The van der Waals surface area contributed by atoms with E-state index in [0.29, 0.717) is 6.54 Å². The number of likely N-dealkylation sites (N-methyl/N-ethyl adjacent to an activating group) is 1. The molecule has 1 aliphatic rings. The number of aliphatic imine (C=N–C) groups is 3. The first-order valence-electron chi connectivity index (χ1n) is 7.29. The molecule has 0 aromatic rings. The molecule has 0 saturated carbocycles. The summed E-state index contributed by atoms with van der Waals surface area (Å²) in [4.78, 5) is 15.3. The summed E-state index contributed by atoms with van der Waals surface area (Å²) in [7, 11) is 0. The van der Waals surface area contributed by atoms with Crippen LogP contribution in [0.15, 0.2) is 15.0 Å². The maximum absolute atomic E-state index is 9.07. The average Bonchev–Trinajstić information content (AvgIpc) is 2.85. The average molecular weight is 281 g/mol. The van der Waals surface area contributed by atoms with Crippen molar-refractivity contribution in [2.24, 2.45) is 15.0 Å². The first kappa shape index (κ1) is 16.8. The van der Waals surface area contributed by atoms with Gasteiger partial charge in [0.05, 0.1) is 25.2 Å². The van der Waals surface area contributed by atoms with Crippen molar-refractivity contribution < 1.29 is 5.11 Å². The predicted octanol–water partition coefficient (Wildman–Crippen LogP) is 0.643. The molecule has 114 valence electrons. The molecular weight excluding hydrogens is 254 g/mol. The normalized spacial score (nSPS) is 16.6. The molecule has 0 amide bonds. The number of β-amino-alcohol motifs (C(OH)–C–C–N with tert-alkyl or cyclic N) is 1. The minimum Gasteiger partial charge on any atom is -0.395 e. The zero-order chi connectivity index (χ0) is 15.0. The van der Waals surface area contributed by atoms with Crippen molar-refractivity contribution in [1.29, 1.82) is 0 Å². The molecule has 0 saturated heterocycles. The molecule has 1 unspecified atom stereocenters. The zero-order valence-electron chi connectivity index (χ0n) is 13.1. The van der Waals surface area contributed by atoms with E-state index in [1.807, 2.05) is 20.8 Å². The highest BCUT2D eigenvalue weighted by Gasteiger charge is 2.31. The summed E-state index contributed by atoms with van der Waals surface area (Å²) in [5, 5.41) is 12.3. The second kappa shape index (κ2) is 8.15. The first-order valence-corrected chi connectivity index (χ1v) is 7.29. The van der Waals surface area contributed by atoms with Crippen molar-refractivity contribution >= 4 is 11.8 Å². The first-order chi connectivity index (χ1) is 9.51. The maximum atomic E-state index is 9.07. The second-order valence-electron chi connectivity index (χ2n) is 5.47. The Hall–Kier alpha value is -1.23. The van der Waals surface area contributed by atoms with Gasteiger partial charge in [-0.1, -0.05) is 6.92 Å². The lowest BCUT2D eigenvalue weighted by molar-refractivity contribution is 0.252. The molecule has 6 heteroatoms. The number of aliphatic hydroxyl groups is 1. The van der Waals surface area contributed by atoms with E-state index in [4.69, 9.17) is 5.11 Å². The van der Waals surface area contributed by atoms with E-state index in [1.54, 1.807) is 0 Å². The van der Waals surface area contributed by atoms with Crippen LogP contribution in [-0.2, 0) is 0 Å². The Morgan fingerprint density at radius 1 is 1.55 bits per heavy atom. The van der Waals surface area contributed by atoms with Crippen molar-refractivity contribution in [2.45, 2.75) is 39.3 Å². The lowest BCUT2D eigenvalue weighted by Crippen LogP contribution is -2.42. The van der Waals surface area contributed by atoms with Gasteiger partial charge in [-0.2, -0.15) is 0 Å². The summed E-state index contributed by atoms with van der Waals surface area (Å²) < 4.78 is 0. The molecule has 0 fully saturated rings. The Bertz CT molecular complexity index is 385. The summed E-state index contributed by atoms with van der Waals surface area (Å²) in [5.41, 5.74) is -0.451. The molecule has 1 atom stereocenters. The number of aliphatic hydroxyl groups excluding tert-OH is 1. The van der Waals surface area contributed by atoms with Gasteiger partial charge >= 0.3 is 0 Å². The molecule has 1 aliphatic heterocycles. The van der Waals surface area contributed by atoms with Crippen LogP contribution in [0.3, 0.4) is 0 Å². The summed E-state index contributed by atoms with van der Waals surface area (Å²) in [5.74, 6) is 0.911. The summed E-state index contributed by atoms with van der Waals surface area (Å²) in [6, 6.07) is 2.97. The third kappa shape index (κ3) is 5.04. The molecule has 0 aromatic carbocycles. The molecule has 6 nitrogen and oxygen atoms in total. The van der Waals surface area contributed by atoms with Crippen LogP contribution in [0.1, 0.15) is 27.7 Å². The van der Waals surface area contributed by atoms with E-state index in [0.717, 1.165) is 32.0 Å². The number of hydrogen-bond donors (Lipinski definition) is 2. The van der Waals surface area contributed by atoms with Crippen LogP contribution in [-0.4, -0.2) is 72.8 Å². The Morgan fingerprint density at radius 3 is 2.95 bits per heavy atom. The molecular formula is C14H27N5O. The second-order valence-corrected chi connectivity index (χ2v) is 5.47. The highest BCUT2D eigenvalue weighted by atomic mass is 16.3. The summed E-state index contributed by atoms with van der Waals surface area (Å²) >= 11 is 0. The lowest BCUT2D eigenvalue weighted by atomic mass is 10.0. The van der Waals surface area contributed by atoms with Crippen molar-refractivity contribution in [2.75, 3.05) is 39.3 Å². The number of nitrogens with one attached hydrogen (secondary N) is 1. The van der Waals surface area contributed by atoms with Crippen LogP contribution >= 0.6 is 0 Å². The van der Waals surface area contributed by atoms with Crippen LogP contribution < -0.4 is 5.32 Å². The smallest absolute Gasteiger partial charge is 0.128 e. The fourth-order valence-corrected chi connectivity index (χ4v) is 2.10. The van der Waals surface area contributed by atoms with Gasteiger partial charge in [0, 0.05) is 19.6 Å². The van der Waals surface area contributed by atoms with Gasteiger partial charge in [-0.15, -0.1) is 0 Å². The van der Waals surface area contributed by atoms with Gasteiger partial charge < -0.3 is 15.3 Å². The fourth-order valence-electron chi connectivity index (χ4n) is 2.10. The van der Waals surface area contributed by atoms with Crippen molar-refractivity contribution in [3.8, 4) is 0 Å². The largest absolute Gasteiger partial charge is 0.395 e. The third-order valence-electron chi connectivity index (χ3n) is 3.15. The number of nitrogens with zero attached hydrogens (tertiary/aromatic N) is 4. The molecule has 0 bridgehead atoms. The van der Waals surface area contributed by atoms with Gasteiger partial charge in [0.25, 0.3) is 0 Å². The fraction of sp³-hybridized carbons (Fsp3) is 0.857. The predicted molar refractivity (Wildman–Crippen MR) is 82.9 cm³/mol. The molecule has 2 N–H and O–H groups in total. The number of amidine groups is 1. The minimum absolute atomic E-state index is 0.132. The SMILES string of the molecule is CCNCC(C)N=C=NC(C)(C)C1=NCCN1CCO. The van der Waals surface area contributed by atoms with Gasteiger partial charge in [-0.3, -0.25) is 4.99 Å². The van der Waals surface area contributed by atoms with Crippen molar-refractivity contribution in [3.63, 3.8) is 0 Å². The van der Waals surface area contributed by atoms with Crippen LogP contribution in [0.2, 0.25) is 0 Å². The van der Waals surface area contributed by atoms with Gasteiger partial charge in [0.15, 0.2) is 0 Å². The molecule has 0 radical (unpaired) electrons. The Balaban J connectivity index is 2.66. The highest BCUT2D eigenvalue weighted by molar-refractivity contribution is 5.92. The van der Waals surface area contributed by atoms with Gasteiger partial charge in [-0.25, -0.2) is 9.98 Å². The van der Waals surface area contributed by atoms with Crippen molar-refractivity contribution in [1.82, 2.24) is 10.2 Å². The molecule has 1 rings (SSSR count). The summed E-state index contributed by atoms with van der Waals surface area (Å²) in [6.45, 7) is 12.2. The quantitative estimate of drug-likeness (QED) is 0.641. The molecule has 0 aliphatic carbocycles. The highest BCUT2D eigenvalue weighted by Crippen LogP contribution is 2.18. The number of hydrogen-bond acceptors (Lipinski definition) is 6. The summed E-state index contributed by atoms with van der Waals surface area (Å²) in [6.07, 6.45) is 0. The molecule has 1 heterocycles. The standard InChI is InChI=1S/C14H27N5O/c1-5-15-10-12(2)17-11-18-14(3,4)13-16-6-7-19(13)8-9-20/h12,15,20H,5-10H2,1-4H3. The van der Waals surface area contributed by atoms with E-state index in [9.17, 15) is 0 Å². The van der Waals surface area contributed by atoms with Crippen molar-refractivity contribution in [3.05, 3.63) is 0 Å². The Labute approximate surface area is 121 Å². The Morgan fingerprint density at radius 2 is 2.30 bits per heavy atom. The van der Waals surface area contributed by atoms with E-state index in [1.165, 1.54) is 0 Å². The topological polar surface area (TPSA) is 72.6 Å². The van der Waals surface area contributed by atoms with Crippen LogP contribution in [0, 0.1) is 0 Å². The van der Waals surface area contributed by atoms with Gasteiger partial charge in [0.2, 0.25) is 0 Å². The molecule has 0 spiro atoms. The van der Waals surface area contributed by atoms with E-state index in [2.05, 4.69) is 38.1 Å². The van der Waals surface area contributed by atoms with Crippen LogP contribution in [0.4, 0.5) is 0 Å². The Kier molecular flexibility index (Phi) is 6.85. The number of rotatable bonds is 8. The third-order valence-corrected chi connectivity index (χ3v) is 3.15. The van der Waals surface area contributed by atoms with Crippen LogP contribution in [0.25, 0.3) is 0 Å². The van der Waals surface area contributed by atoms with E-state index >= 15 is 0 Å². The van der Waals surface area contributed by atoms with Crippen LogP contribution in [0.5, 0.6) is 0 Å². The van der Waals surface area contributed by atoms with E-state index < -0.39 is 5.54 Å². The minimum atomic E-state index is -0.451. The lowest BCUT2D eigenvalue weighted by Gasteiger charge is -2.27. The van der Waals surface area contributed by atoms with Gasteiger partial charge in [0.1, 0.15) is 11.4 Å². The van der Waals surface area contributed by atoms with E-state index in [-0.39, 0.29) is 12.6 Å².